The normalized spacial score (nSPS) is 11.3. The first kappa shape index (κ1) is 12.0. The minimum Gasteiger partial charge on any atom is -0.350 e. The molecule has 0 saturated heterocycles. The molecule has 0 aliphatic rings. The summed E-state index contributed by atoms with van der Waals surface area (Å²) in [5.41, 5.74) is 3.67. The second-order valence-electron chi connectivity index (χ2n) is 4.87. The summed E-state index contributed by atoms with van der Waals surface area (Å²) in [6.07, 6.45) is 4.16. The molecular weight excluding hydrogens is 236 g/mol. The Morgan fingerprint density at radius 2 is 1.95 bits per heavy atom. The summed E-state index contributed by atoms with van der Waals surface area (Å²) in [7, 11) is 4.03. The van der Waals surface area contributed by atoms with Gasteiger partial charge in [0.1, 0.15) is 0 Å². The van der Waals surface area contributed by atoms with Gasteiger partial charge in [-0.05, 0) is 17.7 Å². The van der Waals surface area contributed by atoms with Crippen LogP contribution in [0.2, 0.25) is 0 Å². The maximum Gasteiger partial charge on any atom is 0.0762 e. The zero-order chi connectivity index (χ0) is 13.2. The van der Waals surface area contributed by atoms with Crippen molar-refractivity contribution in [3.8, 4) is 0 Å². The molecule has 0 unspecified atom stereocenters. The Hall–Kier alpha value is -2.07. The third-order valence-corrected chi connectivity index (χ3v) is 3.37. The van der Waals surface area contributed by atoms with Gasteiger partial charge in [-0.25, -0.2) is 0 Å². The Kier molecular flexibility index (Phi) is 3.09. The molecule has 0 fully saturated rings. The van der Waals surface area contributed by atoms with E-state index in [0.717, 1.165) is 18.8 Å². The molecule has 3 rings (SSSR count). The van der Waals surface area contributed by atoms with Crippen molar-refractivity contribution in [2.24, 2.45) is 14.1 Å². The molecule has 0 saturated carbocycles. The van der Waals surface area contributed by atoms with E-state index < -0.39 is 0 Å². The number of nitrogens with zero attached hydrogens (tertiary/aromatic N) is 3. The van der Waals surface area contributed by atoms with Gasteiger partial charge in [0, 0.05) is 50.5 Å². The van der Waals surface area contributed by atoms with Gasteiger partial charge in [-0.3, -0.25) is 4.68 Å². The van der Waals surface area contributed by atoms with Crippen LogP contribution in [0.15, 0.2) is 42.7 Å². The van der Waals surface area contributed by atoms with Crippen LogP contribution in [0, 0.1) is 0 Å². The molecule has 0 spiro atoms. The fourth-order valence-corrected chi connectivity index (χ4v) is 2.45. The summed E-state index contributed by atoms with van der Waals surface area (Å²) in [6, 6.07) is 10.5. The van der Waals surface area contributed by atoms with Crippen LogP contribution in [-0.4, -0.2) is 14.3 Å². The van der Waals surface area contributed by atoms with Crippen LogP contribution in [-0.2, 0) is 27.2 Å². The summed E-state index contributed by atoms with van der Waals surface area (Å²) >= 11 is 0. The topological polar surface area (TPSA) is 34.8 Å². The highest BCUT2D eigenvalue weighted by atomic mass is 15.3. The number of aryl methyl sites for hydroxylation is 2. The van der Waals surface area contributed by atoms with E-state index in [1.54, 1.807) is 0 Å². The van der Waals surface area contributed by atoms with Crippen LogP contribution < -0.4 is 5.32 Å². The van der Waals surface area contributed by atoms with Gasteiger partial charge in [0.2, 0.25) is 0 Å². The van der Waals surface area contributed by atoms with Crippen LogP contribution in [0.25, 0.3) is 10.9 Å². The van der Waals surface area contributed by atoms with Crippen molar-refractivity contribution in [2.75, 3.05) is 0 Å². The number of aromatic nitrogens is 3. The largest absolute Gasteiger partial charge is 0.350 e. The number of benzene rings is 1. The number of hydrogen-bond acceptors (Lipinski definition) is 2. The highest BCUT2D eigenvalue weighted by molar-refractivity contribution is 5.83. The zero-order valence-electron chi connectivity index (χ0n) is 11.3. The van der Waals surface area contributed by atoms with Crippen molar-refractivity contribution in [3.05, 3.63) is 54.0 Å². The summed E-state index contributed by atoms with van der Waals surface area (Å²) in [4.78, 5) is 0. The van der Waals surface area contributed by atoms with Crippen molar-refractivity contribution in [2.45, 2.75) is 13.1 Å². The van der Waals surface area contributed by atoms with E-state index in [0.29, 0.717) is 0 Å². The Balaban J connectivity index is 1.72. The van der Waals surface area contributed by atoms with E-state index in [-0.39, 0.29) is 0 Å². The predicted molar refractivity (Wildman–Crippen MR) is 76.7 cm³/mol. The first-order chi connectivity index (χ1) is 9.24. The van der Waals surface area contributed by atoms with E-state index in [1.807, 2.05) is 24.0 Å². The number of nitrogens with one attached hydrogen (secondary N) is 1. The number of rotatable bonds is 4. The van der Waals surface area contributed by atoms with Gasteiger partial charge >= 0.3 is 0 Å². The fraction of sp³-hybridized carbons (Fsp3) is 0.267. The van der Waals surface area contributed by atoms with Crippen molar-refractivity contribution in [1.29, 1.82) is 0 Å². The Morgan fingerprint density at radius 1 is 1.11 bits per heavy atom. The van der Waals surface area contributed by atoms with E-state index in [4.69, 9.17) is 0 Å². The van der Waals surface area contributed by atoms with Crippen LogP contribution >= 0.6 is 0 Å². The average Bonchev–Trinajstić information content (AvgIpc) is 2.96. The van der Waals surface area contributed by atoms with Crippen molar-refractivity contribution < 1.29 is 0 Å². The summed E-state index contributed by atoms with van der Waals surface area (Å²) in [5, 5.41) is 9.12. The molecule has 4 heteroatoms. The zero-order valence-corrected chi connectivity index (χ0v) is 11.3. The molecule has 2 aromatic heterocycles. The Morgan fingerprint density at radius 3 is 2.74 bits per heavy atom. The smallest absolute Gasteiger partial charge is 0.0762 e. The van der Waals surface area contributed by atoms with Gasteiger partial charge < -0.3 is 9.88 Å². The lowest BCUT2D eigenvalue weighted by molar-refractivity contribution is 0.657. The standard InChI is InChI=1S/C15H18N4/c1-18-11-12(14-5-3-4-6-15(14)18)9-16-10-13-7-8-19(2)17-13/h3-8,11,16H,9-10H2,1-2H3. The second kappa shape index (κ2) is 4.90. The monoisotopic (exact) mass is 254 g/mol. The molecule has 0 atom stereocenters. The van der Waals surface area contributed by atoms with Crippen molar-refractivity contribution in [1.82, 2.24) is 19.7 Å². The fourth-order valence-electron chi connectivity index (χ4n) is 2.45. The van der Waals surface area contributed by atoms with Crippen LogP contribution in [0.4, 0.5) is 0 Å². The SMILES string of the molecule is Cn1ccc(CNCc2cn(C)c3ccccc23)n1. The highest BCUT2D eigenvalue weighted by Crippen LogP contribution is 2.19. The second-order valence-corrected chi connectivity index (χ2v) is 4.87. The summed E-state index contributed by atoms with van der Waals surface area (Å²) < 4.78 is 4.00. The van der Waals surface area contributed by atoms with Crippen molar-refractivity contribution >= 4 is 10.9 Å². The molecule has 4 nitrogen and oxygen atoms in total. The van der Waals surface area contributed by atoms with Crippen LogP contribution in [0.1, 0.15) is 11.3 Å². The van der Waals surface area contributed by atoms with Gasteiger partial charge in [-0.1, -0.05) is 18.2 Å². The summed E-state index contributed by atoms with van der Waals surface area (Å²) in [6.45, 7) is 1.65. The maximum atomic E-state index is 4.36. The molecule has 0 aliphatic carbocycles. The highest BCUT2D eigenvalue weighted by Gasteiger charge is 2.05. The Labute approximate surface area is 112 Å². The van der Waals surface area contributed by atoms with E-state index in [2.05, 4.69) is 52.5 Å². The minimum absolute atomic E-state index is 0.796. The molecule has 1 aromatic carbocycles. The lowest BCUT2D eigenvalue weighted by Crippen LogP contribution is -2.13. The maximum absolute atomic E-state index is 4.36. The van der Waals surface area contributed by atoms with Crippen LogP contribution in [0.3, 0.4) is 0 Å². The van der Waals surface area contributed by atoms with E-state index in [1.165, 1.54) is 16.5 Å². The van der Waals surface area contributed by atoms with Gasteiger partial charge in [0.05, 0.1) is 5.69 Å². The quantitative estimate of drug-likeness (QED) is 0.774. The predicted octanol–water partition coefficient (Wildman–Crippen LogP) is 2.20. The van der Waals surface area contributed by atoms with Gasteiger partial charge in [-0.15, -0.1) is 0 Å². The molecular formula is C15H18N4. The average molecular weight is 254 g/mol. The molecule has 0 bridgehead atoms. The van der Waals surface area contributed by atoms with E-state index >= 15 is 0 Å². The molecule has 98 valence electrons. The lowest BCUT2D eigenvalue weighted by atomic mass is 10.2. The Bertz CT molecular complexity index is 693. The molecule has 19 heavy (non-hydrogen) atoms. The minimum atomic E-state index is 0.796. The number of hydrogen-bond donors (Lipinski definition) is 1. The van der Waals surface area contributed by atoms with Gasteiger partial charge in [0.15, 0.2) is 0 Å². The molecule has 2 heterocycles. The van der Waals surface area contributed by atoms with Gasteiger partial charge in [0.25, 0.3) is 0 Å². The third-order valence-electron chi connectivity index (χ3n) is 3.37. The van der Waals surface area contributed by atoms with Crippen LogP contribution in [0.5, 0.6) is 0 Å². The third kappa shape index (κ3) is 2.39. The molecule has 0 amide bonds. The number of para-hydroxylation sites is 1. The molecule has 3 aromatic rings. The number of fused-ring (bicyclic) bond motifs is 1. The molecule has 0 radical (unpaired) electrons. The molecule has 0 aliphatic heterocycles. The first-order valence-corrected chi connectivity index (χ1v) is 6.46. The van der Waals surface area contributed by atoms with E-state index in [9.17, 15) is 0 Å². The lowest BCUT2D eigenvalue weighted by Gasteiger charge is -2.01. The molecule has 1 N–H and O–H groups in total. The van der Waals surface area contributed by atoms with Crippen molar-refractivity contribution in [3.63, 3.8) is 0 Å². The first-order valence-electron chi connectivity index (χ1n) is 6.46. The summed E-state index contributed by atoms with van der Waals surface area (Å²) in [5.74, 6) is 0. The van der Waals surface area contributed by atoms with Gasteiger partial charge in [-0.2, -0.15) is 5.10 Å².